The van der Waals surface area contributed by atoms with E-state index in [0.29, 0.717) is 11.8 Å². The molecular formula is C13H18N2OS. The molecule has 0 spiro atoms. The van der Waals surface area contributed by atoms with Crippen LogP contribution in [0.2, 0.25) is 0 Å². The van der Waals surface area contributed by atoms with Gasteiger partial charge < -0.3 is 4.42 Å². The molecule has 4 heteroatoms. The van der Waals surface area contributed by atoms with Gasteiger partial charge in [0.15, 0.2) is 0 Å². The average Bonchev–Trinajstić information content (AvgIpc) is 2.96. The largest absolute Gasteiger partial charge is 0.449 e. The second-order valence-corrected chi connectivity index (χ2v) is 5.64. The fourth-order valence-corrected chi connectivity index (χ4v) is 3.63. The smallest absolute Gasteiger partial charge is 0.203 e. The van der Waals surface area contributed by atoms with Crippen molar-refractivity contribution in [2.45, 2.75) is 37.1 Å². The van der Waals surface area contributed by atoms with E-state index in [0.717, 1.165) is 17.6 Å². The van der Waals surface area contributed by atoms with Crippen LogP contribution in [0.5, 0.6) is 0 Å². The molecule has 2 rings (SSSR count). The highest BCUT2D eigenvalue weighted by molar-refractivity contribution is 7.99. The van der Waals surface area contributed by atoms with Crippen molar-refractivity contribution in [2.75, 3.05) is 13.3 Å². The molecule has 0 radical (unpaired) electrons. The topological polar surface area (TPSA) is 40.2 Å². The first-order valence-electron chi connectivity index (χ1n) is 5.96. The van der Waals surface area contributed by atoms with Crippen LogP contribution in [0, 0.1) is 11.3 Å². The number of furan rings is 1. The number of rotatable bonds is 4. The van der Waals surface area contributed by atoms with Gasteiger partial charge in [-0.2, -0.15) is 17.0 Å². The quantitative estimate of drug-likeness (QED) is 0.824. The summed E-state index contributed by atoms with van der Waals surface area (Å²) in [5.74, 6) is 1.29. The molecule has 17 heavy (non-hydrogen) atoms. The Hall–Kier alpha value is -0.920. The Morgan fingerprint density at radius 3 is 3.00 bits per heavy atom. The molecule has 1 aromatic rings. The molecule has 1 saturated carbocycles. The minimum absolute atomic E-state index is 0.404. The van der Waals surface area contributed by atoms with Crippen molar-refractivity contribution in [1.29, 1.82) is 5.26 Å². The molecule has 0 aliphatic heterocycles. The van der Waals surface area contributed by atoms with Crippen molar-refractivity contribution in [3.63, 3.8) is 0 Å². The van der Waals surface area contributed by atoms with Gasteiger partial charge in [0, 0.05) is 11.3 Å². The minimum atomic E-state index is 0.404. The number of thioether (sulfide) groups is 1. The first kappa shape index (κ1) is 12.5. The van der Waals surface area contributed by atoms with Gasteiger partial charge in [0.2, 0.25) is 5.76 Å². The van der Waals surface area contributed by atoms with Gasteiger partial charge in [0.05, 0.1) is 6.54 Å². The third kappa shape index (κ3) is 2.85. The van der Waals surface area contributed by atoms with Gasteiger partial charge in [-0.3, -0.25) is 4.90 Å². The summed E-state index contributed by atoms with van der Waals surface area (Å²) in [6.07, 6.45) is 6.10. The van der Waals surface area contributed by atoms with Crippen molar-refractivity contribution in [3.8, 4) is 6.07 Å². The van der Waals surface area contributed by atoms with Crippen molar-refractivity contribution < 1.29 is 4.42 Å². The van der Waals surface area contributed by atoms with E-state index >= 15 is 0 Å². The van der Waals surface area contributed by atoms with Crippen LogP contribution < -0.4 is 0 Å². The van der Waals surface area contributed by atoms with Gasteiger partial charge in [-0.25, -0.2) is 0 Å². The van der Waals surface area contributed by atoms with E-state index in [-0.39, 0.29) is 0 Å². The lowest BCUT2D eigenvalue weighted by molar-refractivity contribution is 0.222. The highest BCUT2D eigenvalue weighted by atomic mass is 32.2. The van der Waals surface area contributed by atoms with Crippen molar-refractivity contribution in [3.05, 3.63) is 23.7 Å². The van der Waals surface area contributed by atoms with Crippen LogP contribution in [0.15, 0.2) is 16.5 Å². The van der Waals surface area contributed by atoms with Crippen LogP contribution in [0.3, 0.4) is 0 Å². The lowest BCUT2D eigenvalue weighted by Crippen LogP contribution is -2.35. The van der Waals surface area contributed by atoms with Gasteiger partial charge in [-0.1, -0.05) is 6.42 Å². The number of nitriles is 1. The molecule has 0 N–H and O–H groups in total. The standard InChI is InChI=1S/C13H18N2OS/c1-15(12-4-3-5-13(12)17-2)9-11-7-6-10(8-14)16-11/h6-7,12-13H,3-5,9H2,1-2H3/t12-,13+/m0/s1. The maximum Gasteiger partial charge on any atom is 0.203 e. The maximum atomic E-state index is 8.72. The zero-order chi connectivity index (χ0) is 12.3. The molecule has 1 fully saturated rings. The molecule has 1 heterocycles. The van der Waals surface area contributed by atoms with Crippen LogP contribution in [0.4, 0.5) is 0 Å². The van der Waals surface area contributed by atoms with Crippen LogP contribution >= 0.6 is 11.8 Å². The van der Waals surface area contributed by atoms with Crippen molar-refractivity contribution in [2.24, 2.45) is 0 Å². The van der Waals surface area contributed by atoms with Gasteiger partial charge in [0.25, 0.3) is 0 Å². The lowest BCUT2D eigenvalue weighted by atomic mass is 10.2. The van der Waals surface area contributed by atoms with Gasteiger partial charge in [-0.15, -0.1) is 0 Å². The van der Waals surface area contributed by atoms with Crippen LogP contribution in [0.25, 0.3) is 0 Å². The Morgan fingerprint density at radius 2 is 2.35 bits per heavy atom. The van der Waals surface area contributed by atoms with Crippen LogP contribution in [-0.4, -0.2) is 29.5 Å². The summed E-state index contributed by atoms with van der Waals surface area (Å²) >= 11 is 1.96. The predicted octanol–water partition coefficient (Wildman–Crippen LogP) is 2.87. The summed E-state index contributed by atoms with van der Waals surface area (Å²) in [4.78, 5) is 2.36. The molecule has 0 aromatic carbocycles. The first-order valence-corrected chi connectivity index (χ1v) is 7.25. The van der Waals surface area contributed by atoms with Gasteiger partial charge in [-0.05, 0) is 38.3 Å². The second kappa shape index (κ2) is 5.61. The molecule has 1 aliphatic carbocycles. The van der Waals surface area contributed by atoms with E-state index in [1.807, 2.05) is 23.9 Å². The number of hydrogen-bond donors (Lipinski definition) is 0. The molecule has 1 aromatic heterocycles. The fraction of sp³-hybridized carbons (Fsp3) is 0.615. The van der Waals surface area contributed by atoms with E-state index in [2.05, 4.69) is 18.2 Å². The Bertz CT molecular complexity index is 410. The Balaban J connectivity index is 1.96. The van der Waals surface area contributed by atoms with E-state index < -0.39 is 0 Å². The van der Waals surface area contributed by atoms with Crippen molar-refractivity contribution in [1.82, 2.24) is 4.90 Å². The number of nitrogens with zero attached hydrogens (tertiary/aromatic N) is 2. The second-order valence-electron chi connectivity index (χ2n) is 4.57. The Kier molecular flexibility index (Phi) is 4.14. The Labute approximate surface area is 107 Å². The summed E-state index contributed by atoms with van der Waals surface area (Å²) in [7, 11) is 2.15. The van der Waals surface area contributed by atoms with Crippen molar-refractivity contribution >= 4 is 11.8 Å². The molecule has 0 amide bonds. The highest BCUT2D eigenvalue weighted by Gasteiger charge is 2.29. The van der Waals surface area contributed by atoms with E-state index in [1.165, 1.54) is 19.3 Å². The monoisotopic (exact) mass is 250 g/mol. The molecule has 0 unspecified atom stereocenters. The molecule has 0 bridgehead atoms. The zero-order valence-electron chi connectivity index (χ0n) is 10.3. The summed E-state index contributed by atoms with van der Waals surface area (Å²) in [5.41, 5.74) is 0. The summed E-state index contributed by atoms with van der Waals surface area (Å²) in [5, 5.41) is 9.46. The summed E-state index contributed by atoms with van der Waals surface area (Å²) in [6.45, 7) is 0.795. The van der Waals surface area contributed by atoms with E-state index in [4.69, 9.17) is 9.68 Å². The lowest BCUT2D eigenvalue weighted by Gasteiger charge is -2.27. The predicted molar refractivity (Wildman–Crippen MR) is 69.8 cm³/mol. The minimum Gasteiger partial charge on any atom is -0.449 e. The summed E-state index contributed by atoms with van der Waals surface area (Å²) in [6, 6.07) is 6.30. The van der Waals surface area contributed by atoms with Gasteiger partial charge >= 0.3 is 0 Å². The Morgan fingerprint density at radius 1 is 1.53 bits per heavy atom. The fourth-order valence-electron chi connectivity index (χ4n) is 2.57. The third-order valence-electron chi connectivity index (χ3n) is 3.46. The SMILES string of the molecule is CS[C@@H]1CCC[C@@H]1N(C)Cc1ccc(C#N)o1. The van der Waals surface area contributed by atoms with E-state index in [9.17, 15) is 0 Å². The zero-order valence-corrected chi connectivity index (χ0v) is 11.2. The first-order chi connectivity index (χ1) is 8.24. The summed E-state index contributed by atoms with van der Waals surface area (Å²) < 4.78 is 5.42. The molecular weight excluding hydrogens is 232 g/mol. The third-order valence-corrected chi connectivity index (χ3v) is 4.62. The normalized spacial score (nSPS) is 24.1. The molecule has 3 nitrogen and oxygen atoms in total. The number of hydrogen-bond acceptors (Lipinski definition) is 4. The van der Waals surface area contributed by atoms with Crippen LogP contribution in [-0.2, 0) is 6.54 Å². The average molecular weight is 250 g/mol. The highest BCUT2D eigenvalue weighted by Crippen LogP contribution is 2.32. The van der Waals surface area contributed by atoms with E-state index in [1.54, 1.807) is 6.07 Å². The maximum absolute atomic E-state index is 8.72. The van der Waals surface area contributed by atoms with Crippen LogP contribution in [0.1, 0.15) is 30.8 Å². The molecule has 1 aliphatic rings. The molecule has 0 saturated heterocycles. The molecule has 92 valence electrons. The van der Waals surface area contributed by atoms with Gasteiger partial charge in [0.1, 0.15) is 11.8 Å². The molecule has 2 atom stereocenters.